The Hall–Kier alpha value is -1.60. The van der Waals surface area contributed by atoms with Crippen molar-refractivity contribution in [1.29, 1.82) is 0 Å². The van der Waals surface area contributed by atoms with Crippen molar-refractivity contribution in [2.45, 2.75) is 31.9 Å². The fourth-order valence-corrected chi connectivity index (χ4v) is 3.56. The van der Waals surface area contributed by atoms with Crippen LogP contribution in [0, 0.1) is 5.92 Å². The summed E-state index contributed by atoms with van der Waals surface area (Å²) in [6, 6.07) is 5.57. The zero-order chi connectivity index (χ0) is 19.9. The van der Waals surface area contributed by atoms with E-state index in [-0.39, 0.29) is 5.91 Å². The summed E-state index contributed by atoms with van der Waals surface area (Å²) in [7, 11) is 3.40. The van der Waals surface area contributed by atoms with E-state index < -0.39 is 11.7 Å². The van der Waals surface area contributed by atoms with Crippen molar-refractivity contribution in [3.63, 3.8) is 0 Å². The van der Waals surface area contributed by atoms with E-state index in [4.69, 9.17) is 4.74 Å². The van der Waals surface area contributed by atoms with E-state index in [1.165, 1.54) is 12.1 Å². The van der Waals surface area contributed by atoms with Gasteiger partial charge in [-0.2, -0.15) is 13.2 Å². The molecule has 1 amide bonds. The van der Waals surface area contributed by atoms with Crippen LogP contribution in [0.4, 0.5) is 13.2 Å². The number of amides is 1. The molecular weight excluding hydrogens is 357 g/mol. The second kappa shape index (κ2) is 10.1. The Morgan fingerprint density at radius 3 is 2.85 bits per heavy atom. The number of alkyl halides is 3. The van der Waals surface area contributed by atoms with Crippen molar-refractivity contribution >= 4 is 5.91 Å². The molecule has 2 rings (SSSR count). The standard InChI is InChI=1S/C20H29F3N2O2/c1-24(19(26)9-12-27-2)14-17-6-4-10-25(15-17)11-8-16-5-3-7-18(13-16)20(21,22)23/h3,5,7,13,17H,4,6,8-12,14-15H2,1-2H3/t17-/m0/s1. The molecular formula is C20H29F3N2O2. The van der Waals surface area contributed by atoms with Crippen LogP contribution in [0.2, 0.25) is 0 Å². The number of hydrogen-bond donors (Lipinski definition) is 0. The van der Waals surface area contributed by atoms with Gasteiger partial charge in [-0.05, 0) is 43.4 Å². The van der Waals surface area contributed by atoms with Crippen molar-refractivity contribution < 1.29 is 22.7 Å². The summed E-state index contributed by atoms with van der Waals surface area (Å²) in [6.45, 7) is 3.70. The van der Waals surface area contributed by atoms with Crippen molar-refractivity contribution in [3.05, 3.63) is 35.4 Å². The lowest BCUT2D eigenvalue weighted by atomic mass is 9.97. The van der Waals surface area contributed by atoms with Crippen LogP contribution in [0.25, 0.3) is 0 Å². The summed E-state index contributed by atoms with van der Waals surface area (Å²) in [5.74, 6) is 0.481. The lowest BCUT2D eigenvalue weighted by Crippen LogP contribution is -2.42. The van der Waals surface area contributed by atoms with Crippen molar-refractivity contribution in [2.24, 2.45) is 5.92 Å². The molecule has 152 valence electrons. The van der Waals surface area contributed by atoms with Gasteiger partial charge in [0.05, 0.1) is 18.6 Å². The molecule has 0 N–H and O–H groups in total. The minimum atomic E-state index is -4.30. The molecule has 0 bridgehead atoms. The average Bonchev–Trinajstić information content (AvgIpc) is 2.64. The highest BCUT2D eigenvalue weighted by atomic mass is 19.4. The van der Waals surface area contributed by atoms with Crippen LogP contribution in [-0.2, 0) is 22.1 Å². The number of carbonyl (C=O) groups excluding carboxylic acids is 1. The molecule has 7 heteroatoms. The molecule has 1 aromatic carbocycles. The zero-order valence-corrected chi connectivity index (χ0v) is 16.1. The number of piperidine rings is 1. The van der Waals surface area contributed by atoms with Gasteiger partial charge >= 0.3 is 6.18 Å². The summed E-state index contributed by atoms with van der Waals surface area (Å²) < 4.78 is 43.4. The highest BCUT2D eigenvalue weighted by Crippen LogP contribution is 2.29. The van der Waals surface area contributed by atoms with Gasteiger partial charge in [0.1, 0.15) is 0 Å². The molecule has 1 heterocycles. The quantitative estimate of drug-likeness (QED) is 0.686. The first-order valence-corrected chi connectivity index (χ1v) is 9.41. The molecule has 1 atom stereocenters. The molecule has 1 saturated heterocycles. The average molecular weight is 386 g/mol. The molecule has 0 saturated carbocycles. The topological polar surface area (TPSA) is 32.8 Å². The molecule has 1 aliphatic rings. The van der Waals surface area contributed by atoms with Crippen LogP contribution >= 0.6 is 0 Å². The van der Waals surface area contributed by atoms with Gasteiger partial charge in [-0.25, -0.2) is 0 Å². The molecule has 0 radical (unpaired) electrons. The van der Waals surface area contributed by atoms with Crippen LogP contribution < -0.4 is 0 Å². The second-order valence-corrected chi connectivity index (χ2v) is 7.27. The molecule has 0 spiro atoms. The number of carbonyl (C=O) groups is 1. The van der Waals surface area contributed by atoms with Gasteiger partial charge < -0.3 is 14.5 Å². The van der Waals surface area contributed by atoms with Gasteiger partial charge in [0.25, 0.3) is 0 Å². The third-order valence-electron chi connectivity index (χ3n) is 5.05. The molecule has 0 aromatic heterocycles. The lowest BCUT2D eigenvalue weighted by molar-refractivity contribution is -0.137. The number of nitrogens with zero attached hydrogens (tertiary/aromatic N) is 2. The number of benzene rings is 1. The number of halogens is 3. The summed E-state index contributed by atoms with van der Waals surface area (Å²) in [5.41, 5.74) is 0.117. The predicted octanol–water partition coefficient (Wildman–Crippen LogP) is 3.45. The van der Waals surface area contributed by atoms with Crippen molar-refractivity contribution in [3.8, 4) is 0 Å². The third-order valence-corrected chi connectivity index (χ3v) is 5.05. The van der Waals surface area contributed by atoms with E-state index in [1.807, 2.05) is 7.05 Å². The third kappa shape index (κ3) is 7.14. The van der Waals surface area contributed by atoms with Gasteiger partial charge in [0.2, 0.25) is 5.91 Å². The number of rotatable bonds is 8. The monoisotopic (exact) mass is 386 g/mol. The number of likely N-dealkylation sites (tertiary alicyclic amines) is 1. The Balaban J connectivity index is 1.82. The Morgan fingerprint density at radius 2 is 2.15 bits per heavy atom. The van der Waals surface area contributed by atoms with Gasteiger partial charge in [-0.3, -0.25) is 4.79 Å². The highest BCUT2D eigenvalue weighted by molar-refractivity contribution is 5.75. The van der Waals surface area contributed by atoms with E-state index in [0.29, 0.717) is 37.5 Å². The molecule has 1 fully saturated rings. The van der Waals surface area contributed by atoms with Gasteiger partial charge in [0, 0.05) is 33.8 Å². The fourth-order valence-electron chi connectivity index (χ4n) is 3.56. The zero-order valence-electron chi connectivity index (χ0n) is 16.1. The first kappa shape index (κ1) is 21.7. The van der Waals surface area contributed by atoms with Crippen LogP contribution in [0.3, 0.4) is 0 Å². The molecule has 27 heavy (non-hydrogen) atoms. The van der Waals surface area contributed by atoms with E-state index >= 15 is 0 Å². The fraction of sp³-hybridized carbons (Fsp3) is 0.650. The van der Waals surface area contributed by atoms with Gasteiger partial charge in [-0.1, -0.05) is 18.2 Å². The first-order chi connectivity index (χ1) is 12.8. The van der Waals surface area contributed by atoms with E-state index in [0.717, 1.165) is 38.5 Å². The summed E-state index contributed by atoms with van der Waals surface area (Å²) in [5, 5.41) is 0. The van der Waals surface area contributed by atoms with Crippen LogP contribution in [0.5, 0.6) is 0 Å². The van der Waals surface area contributed by atoms with E-state index in [9.17, 15) is 18.0 Å². The van der Waals surface area contributed by atoms with E-state index in [1.54, 1.807) is 18.1 Å². The number of methoxy groups -OCH3 is 1. The Kier molecular flexibility index (Phi) is 8.10. The molecule has 0 aliphatic carbocycles. The van der Waals surface area contributed by atoms with Gasteiger partial charge in [0.15, 0.2) is 0 Å². The summed E-state index contributed by atoms with van der Waals surface area (Å²) in [4.78, 5) is 16.1. The van der Waals surface area contributed by atoms with E-state index in [2.05, 4.69) is 4.90 Å². The normalized spacial score (nSPS) is 18.5. The number of ether oxygens (including phenoxy) is 1. The molecule has 1 aromatic rings. The molecule has 4 nitrogen and oxygen atoms in total. The van der Waals surface area contributed by atoms with Crippen molar-refractivity contribution in [2.75, 3.05) is 46.9 Å². The summed E-state index contributed by atoms with van der Waals surface area (Å²) >= 11 is 0. The van der Waals surface area contributed by atoms with Gasteiger partial charge in [-0.15, -0.1) is 0 Å². The Morgan fingerprint density at radius 1 is 1.37 bits per heavy atom. The van der Waals surface area contributed by atoms with Crippen LogP contribution in [-0.4, -0.2) is 62.7 Å². The minimum Gasteiger partial charge on any atom is -0.384 e. The predicted molar refractivity (Wildman–Crippen MR) is 98.4 cm³/mol. The smallest absolute Gasteiger partial charge is 0.384 e. The maximum Gasteiger partial charge on any atom is 0.416 e. The maximum absolute atomic E-state index is 12.8. The minimum absolute atomic E-state index is 0.0814. The Bertz CT molecular complexity index is 607. The highest BCUT2D eigenvalue weighted by Gasteiger charge is 2.30. The summed E-state index contributed by atoms with van der Waals surface area (Å²) in [6.07, 6.45) is -1.19. The molecule has 0 unspecified atom stereocenters. The Labute approximate surface area is 159 Å². The van der Waals surface area contributed by atoms with Crippen molar-refractivity contribution in [1.82, 2.24) is 9.80 Å². The number of hydrogen-bond acceptors (Lipinski definition) is 3. The maximum atomic E-state index is 12.8. The molecule has 1 aliphatic heterocycles. The SMILES string of the molecule is COCCC(=O)N(C)C[C@@H]1CCCN(CCc2cccc(C(F)(F)F)c2)C1. The van der Waals surface area contributed by atoms with Crippen LogP contribution in [0.1, 0.15) is 30.4 Å². The van der Waals surface area contributed by atoms with Crippen LogP contribution in [0.15, 0.2) is 24.3 Å². The lowest BCUT2D eigenvalue weighted by Gasteiger charge is -2.34. The second-order valence-electron chi connectivity index (χ2n) is 7.27. The largest absolute Gasteiger partial charge is 0.416 e. The first-order valence-electron chi connectivity index (χ1n) is 9.41.